The normalized spacial score (nSPS) is 30.4. The summed E-state index contributed by atoms with van der Waals surface area (Å²) >= 11 is 1.30. The Bertz CT molecular complexity index is 840. The Kier molecular flexibility index (Phi) is 4.78. The highest BCUT2D eigenvalue weighted by Crippen LogP contribution is 2.53. The summed E-state index contributed by atoms with van der Waals surface area (Å²) in [5.41, 5.74) is 0.803. The lowest BCUT2D eigenvalue weighted by molar-refractivity contribution is -0.122. The van der Waals surface area contributed by atoms with Crippen LogP contribution in [0.25, 0.3) is 11.5 Å². The fourth-order valence-corrected chi connectivity index (χ4v) is 6.23. The molecule has 1 aromatic heterocycles. The summed E-state index contributed by atoms with van der Waals surface area (Å²) in [5.74, 6) is 4.76. The summed E-state index contributed by atoms with van der Waals surface area (Å²) in [7, 11) is 1.62. The van der Waals surface area contributed by atoms with Crippen LogP contribution in [-0.2, 0) is 4.79 Å². The highest BCUT2D eigenvalue weighted by Gasteiger charge is 2.48. The number of ether oxygens (including phenoxy) is 1. The SMILES string of the molecule is COc1cccc(-c2nnc(SCC(=O)NC3C4CC5CC(C4)CC3C5)o2)c1. The number of nitrogens with zero attached hydrogens (tertiary/aromatic N) is 2. The number of aromatic nitrogens is 2. The van der Waals surface area contributed by atoms with Crippen LogP contribution in [0.3, 0.4) is 0 Å². The fraction of sp³-hybridized carbons (Fsp3) is 0.571. The summed E-state index contributed by atoms with van der Waals surface area (Å²) in [6.45, 7) is 0. The highest BCUT2D eigenvalue weighted by atomic mass is 32.2. The second kappa shape index (κ2) is 7.43. The fourth-order valence-electron chi connectivity index (χ4n) is 5.66. The van der Waals surface area contributed by atoms with Gasteiger partial charge in [0.2, 0.25) is 11.8 Å². The van der Waals surface area contributed by atoms with Crippen molar-refractivity contribution in [2.45, 2.75) is 43.4 Å². The third kappa shape index (κ3) is 3.52. The topological polar surface area (TPSA) is 77.2 Å². The summed E-state index contributed by atoms with van der Waals surface area (Å²) in [4.78, 5) is 12.5. The Balaban J connectivity index is 1.17. The van der Waals surface area contributed by atoms with E-state index in [0.717, 1.165) is 23.1 Å². The quantitative estimate of drug-likeness (QED) is 0.745. The van der Waals surface area contributed by atoms with Gasteiger partial charge < -0.3 is 14.5 Å². The molecule has 4 aliphatic rings. The lowest BCUT2D eigenvalue weighted by Gasteiger charge is -2.54. The standard InChI is InChI=1S/C21H25N3O3S/c1-26-17-4-2-3-14(10-17)20-23-24-21(27-20)28-11-18(25)22-19-15-6-12-5-13(8-15)9-16(19)7-12/h2-4,10,12-13,15-16,19H,5-9,11H2,1H3,(H,22,25). The Hall–Kier alpha value is -2.02. The molecule has 1 aromatic carbocycles. The van der Waals surface area contributed by atoms with Gasteiger partial charge in [0.05, 0.1) is 12.9 Å². The molecule has 6 rings (SSSR count). The lowest BCUT2D eigenvalue weighted by Crippen LogP contribution is -2.56. The summed E-state index contributed by atoms with van der Waals surface area (Å²) in [6, 6.07) is 7.86. The number of benzene rings is 1. The van der Waals surface area contributed by atoms with Crippen molar-refractivity contribution in [2.24, 2.45) is 23.7 Å². The van der Waals surface area contributed by atoms with Gasteiger partial charge in [-0.15, -0.1) is 10.2 Å². The van der Waals surface area contributed by atoms with Gasteiger partial charge in [0.25, 0.3) is 5.22 Å². The first-order chi connectivity index (χ1) is 13.7. The Morgan fingerprint density at radius 1 is 1.18 bits per heavy atom. The zero-order valence-corrected chi connectivity index (χ0v) is 16.8. The molecule has 0 unspecified atom stereocenters. The van der Waals surface area contributed by atoms with Gasteiger partial charge in [-0.25, -0.2) is 0 Å². The number of amides is 1. The summed E-state index contributed by atoms with van der Waals surface area (Å²) < 4.78 is 10.9. The predicted octanol–water partition coefficient (Wildman–Crippen LogP) is 3.78. The van der Waals surface area contributed by atoms with Crippen molar-refractivity contribution in [1.29, 1.82) is 0 Å². The molecular formula is C21H25N3O3S. The molecule has 148 valence electrons. The van der Waals surface area contributed by atoms with Crippen LogP contribution in [0.15, 0.2) is 33.9 Å². The minimum atomic E-state index is 0.0728. The van der Waals surface area contributed by atoms with Crippen LogP contribution in [0, 0.1) is 23.7 Å². The van der Waals surface area contributed by atoms with Gasteiger partial charge in [-0.1, -0.05) is 17.8 Å². The number of methoxy groups -OCH3 is 1. The van der Waals surface area contributed by atoms with Crippen molar-refractivity contribution >= 4 is 17.7 Å². The van der Waals surface area contributed by atoms with Gasteiger partial charge in [-0.05, 0) is 74.0 Å². The van der Waals surface area contributed by atoms with Gasteiger partial charge in [0, 0.05) is 11.6 Å². The Labute approximate surface area is 168 Å². The molecule has 4 saturated carbocycles. The van der Waals surface area contributed by atoms with Gasteiger partial charge in [-0.2, -0.15) is 0 Å². The van der Waals surface area contributed by atoms with Crippen LogP contribution in [-0.4, -0.2) is 35.0 Å². The molecule has 0 radical (unpaired) electrons. The van der Waals surface area contributed by atoms with Crippen molar-refractivity contribution in [3.05, 3.63) is 24.3 Å². The van der Waals surface area contributed by atoms with E-state index in [9.17, 15) is 4.79 Å². The van der Waals surface area contributed by atoms with Crippen LogP contribution in [0.5, 0.6) is 5.75 Å². The average Bonchev–Trinajstić information content (AvgIpc) is 3.18. The summed E-state index contributed by atoms with van der Waals surface area (Å²) in [6.07, 6.45) is 6.64. The molecule has 1 heterocycles. The van der Waals surface area contributed by atoms with E-state index in [-0.39, 0.29) is 5.91 Å². The second-order valence-corrected chi connectivity index (χ2v) is 9.34. The molecule has 4 fully saturated rings. The molecule has 7 heteroatoms. The van der Waals surface area contributed by atoms with Crippen LogP contribution < -0.4 is 10.1 Å². The molecule has 0 atom stereocenters. The smallest absolute Gasteiger partial charge is 0.277 e. The predicted molar refractivity (Wildman–Crippen MR) is 106 cm³/mol. The van der Waals surface area contributed by atoms with E-state index in [1.807, 2.05) is 24.3 Å². The van der Waals surface area contributed by atoms with Crippen LogP contribution in [0.2, 0.25) is 0 Å². The second-order valence-electron chi connectivity index (χ2n) is 8.42. The van der Waals surface area contributed by atoms with Crippen molar-refractivity contribution in [3.8, 4) is 17.2 Å². The third-order valence-corrected chi connectivity index (χ3v) is 7.42. The van der Waals surface area contributed by atoms with Crippen molar-refractivity contribution in [1.82, 2.24) is 15.5 Å². The number of carbonyl (C=O) groups is 1. The molecule has 1 amide bonds. The van der Waals surface area contributed by atoms with Crippen molar-refractivity contribution in [3.63, 3.8) is 0 Å². The number of hydrogen-bond donors (Lipinski definition) is 1. The van der Waals surface area contributed by atoms with Gasteiger partial charge in [0.1, 0.15) is 5.75 Å². The van der Waals surface area contributed by atoms with E-state index in [1.165, 1.54) is 43.9 Å². The molecule has 2 aromatic rings. The van der Waals surface area contributed by atoms with Crippen LogP contribution in [0.1, 0.15) is 32.1 Å². The first-order valence-electron chi connectivity index (χ1n) is 10.1. The molecule has 1 N–H and O–H groups in total. The Morgan fingerprint density at radius 3 is 2.64 bits per heavy atom. The van der Waals surface area contributed by atoms with Crippen LogP contribution >= 0.6 is 11.8 Å². The maximum absolute atomic E-state index is 12.5. The molecule has 28 heavy (non-hydrogen) atoms. The zero-order valence-electron chi connectivity index (χ0n) is 16.0. The van der Waals surface area contributed by atoms with Gasteiger partial charge >= 0.3 is 0 Å². The largest absolute Gasteiger partial charge is 0.497 e. The summed E-state index contributed by atoms with van der Waals surface area (Å²) in [5, 5.41) is 11.9. The van der Waals surface area contributed by atoms with E-state index in [1.54, 1.807) is 7.11 Å². The van der Waals surface area contributed by atoms with Crippen LogP contribution in [0.4, 0.5) is 0 Å². The van der Waals surface area contributed by atoms with Crippen molar-refractivity contribution < 1.29 is 13.9 Å². The minimum Gasteiger partial charge on any atom is -0.497 e. The highest BCUT2D eigenvalue weighted by molar-refractivity contribution is 7.99. The van der Waals surface area contributed by atoms with E-state index in [0.29, 0.717) is 34.7 Å². The Morgan fingerprint density at radius 2 is 1.93 bits per heavy atom. The molecule has 6 nitrogen and oxygen atoms in total. The first kappa shape index (κ1) is 18.0. The van der Waals surface area contributed by atoms with Crippen molar-refractivity contribution in [2.75, 3.05) is 12.9 Å². The van der Waals surface area contributed by atoms with E-state index in [2.05, 4.69) is 15.5 Å². The monoisotopic (exact) mass is 399 g/mol. The maximum atomic E-state index is 12.5. The lowest BCUT2D eigenvalue weighted by atomic mass is 9.54. The van der Waals surface area contributed by atoms with Gasteiger partial charge in [-0.3, -0.25) is 4.79 Å². The number of carbonyl (C=O) groups excluding carboxylic acids is 1. The molecule has 4 bridgehead atoms. The van der Waals surface area contributed by atoms with E-state index >= 15 is 0 Å². The van der Waals surface area contributed by atoms with Gasteiger partial charge in [0.15, 0.2) is 0 Å². The third-order valence-electron chi connectivity index (χ3n) is 6.60. The number of nitrogens with one attached hydrogen (secondary N) is 1. The minimum absolute atomic E-state index is 0.0728. The number of rotatable bonds is 6. The average molecular weight is 400 g/mol. The number of hydrogen-bond acceptors (Lipinski definition) is 6. The molecule has 0 saturated heterocycles. The molecule has 4 aliphatic carbocycles. The molecule has 0 spiro atoms. The first-order valence-corrected chi connectivity index (χ1v) is 11.1. The molecular weight excluding hydrogens is 374 g/mol. The maximum Gasteiger partial charge on any atom is 0.277 e. The van der Waals surface area contributed by atoms with E-state index < -0.39 is 0 Å². The van der Waals surface area contributed by atoms with E-state index in [4.69, 9.17) is 9.15 Å². The number of thioether (sulfide) groups is 1. The molecule has 0 aliphatic heterocycles. The zero-order chi connectivity index (χ0) is 19.1.